The molecule has 0 radical (unpaired) electrons. The number of hydrogen-bond acceptors (Lipinski definition) is 3. The Morgan fingerprint density at radius 2 is 1.21 bits per heavy atom. The molecule has 0 spiro atoms. The lowest BCUT2D eigenvalue weighted by Gasteiger charge is -2.09. The predicted molar refractivity (Wildman–Crippen MR) is 87.8 cm³/mol. The molecular formula is C19H16O5. The minimum absolute atomic E-state index is 0.0557. The van der Waals surface area contributed by atoms with E-state index in [2.05, 4.69) is 0 Å². The van der Waals surface area contributed by atoms with Gasteiger partial charge < -0.3 is 10.2 Å². The quantitative estimate of drug-likeness (QED) is 0.603. The Bertz CT molecular complexity index is 776. The molecule has 2 aromatic rings. The summed E-state index contributed by atoms with van der Waals surface area (Å²) >= 11 is 0. The van der Waals surface area contributed by atoms with Gasteiger partial charge in [-0.2, -0.15) is 0 Å². The maximum atomic E-state index is 12.2. The minimum atomic E-state index is -1.40. The Morgan fingerprint density at radius 3 is 1.71 bits per heavy atom. The van der Waals surface area contributed by atoms with Crippen molar-refractivity contribution in [2.75, 3.05) is 0 Å². The number of Topliss-reactive ketones (excluding diaryl/α,β-unsaturated/α-hetero) is 1. The molecule has 2 N–H and O–H groups in total. The lowest BCUT2D eigenvalue weighted by atomic mass is 9.95. The number of carboxylic acids is 2. The van der Waals surface area contributed by atoms with Crippen molar-refractivity contribution in [1.29, 1.82) is 0 Å². The van der Waals surface area contributed by atoms with Gasteiger partial charge in [0, 0.05) is 18.4 Å². The molecule has 0 atom stereocenters. The fraction of sp³-hybridized carbons (Fsp3) is 0.105. The molecule has 122 valence electrons. The van der Waals surface area contributed by atoms with Gasteiger partial charge in [0.1, 0.15) is 0 Å². The Morgan fingerprint density at radius 1 is 0.708 bits per heavy atom. The first-order valence-electron chi connectivity index (χ1n) is 7.30. The van der Waals surface area contributed by atoms with Gasteiger partial charge in [-0.25, -0.2) is 9.59 Å². The molecular weight excluding hydrogens is 308 g/mol. The molecule has 0 aliphatic rings. The van der Waals surface area contributed by atoms with Crippen LogP contribution in [0, 0.1) is 0 Å². The summed E-state index contributed by atoms with van der Waals surface area (Å²) in [5.41, 5.74) is 0.347. The molecule has 0 aliphatic carbocycles. The molecule has 0 saturated heterocycles. The van der Waals surface area contributed by atoms with Gasteiger partial charge in [-0.3, -0.25) is 4.79 Å². The average molecular weight is 324 g/mol. The van der Waals surface area contributed by atoms with Gasteiger partial charge in [0.15, 0.2) is 5.78 Å². The molecule has 2 rings (SSSR count). The van der Waals surface area contributed by atoms with Crippen LogP contribution >= 0.6 is 0 Å². The first-order valence-corrected chi connectivity index (χ1v) is 7.30. The second-order valence-electron chi connectivity index (χ2n) is 5.20. The molecule has 0 amide bonds. The minimum Gasteiger partial charge on any atom is -0.478 e. The van der Waals surface area contributed by atoms with Gasteiger partial charge in [-0.15, -0.1) is 0 Å². The van der Waals surface area contributed by atoms with E-state index in [9.17, 15) is 24.6 Å². The number of hydrogen-bond donors (Lipinski definition) is 2. The van der Waals surface area contributed by atoms with E-state index in [-0.39, 0.29) is 17.6 Å². The van der Waals surface area contributed by atoms with Gasteiger partial charge in [0.25, 0.3) is 0 Å². The van der Waals surface area contributed by atoms with E-state index in [1.807, 2.05) is 0 Å². The van der Waals surface area contributed by atoms with Crippen LogP contribution in [0.2, 0.25) is 0 Å². The molecule has 24 heavy (non-hydrogen) atoms. The molecule has 5 heteroatoms. The van der Waals surface area contributed by atoms with Gasteiger partial charge in [-0.1, -0.05) is 60.7 Å². The van der Waals surface area contributed by atoms with E-state index in [1.54, 1.807) is 60.7 Å². The van der Waals surface area contributed by atoms with Crippen molar-refractivity contribution < 1.29 is 24.6 Å². The summed E-state index contributed by atoms with van der Waals surface area (Å²) in [6.07, 6.45) is -0.520. The van der Waals surface area contributed by atoms with Crippen molar-refractivity contribution in [2.24, 2.45) is 0 Å². The number of rotatable bonds is 7. The first-order chi connectivity index (χ1) is 11.5. The number of benzene rings is 2. The summed E-state index contributed by atoms with van der Waals surface area (Å²) in [5.74, 6) is -3.16. The van der Waals surface area contributed by atoms with Gasteiger partial charge in [0.05, 0.1) is 11.1 Å². The van der Waals surface area contributed by atoms with Crippen molar-refractivity contribution in [3.63, 3.8) is 0 Å². The molecule has 0 heterocycles. The summed E-state index contributed by atoms with van der Waals surface area (Å²) < 4.78 is 0. The van der Waals surface area contributed by atoms with Crippen molar-refractivity contribution in [3.05, 3.63) is 82.9 Å². The number of carbonyl (C=O) groups excluding carboxylic acids is 1. The van der Waals surface area contributed by atoms with Gasteiger partial charge >= 0.3 is 11.9 Å². The average Bonchev–Trinajstić information content (AvgIpc) is 2.59. The second kappa shape index (κ2) is 7.87. The normalized spacial score (nSPS) is 11.5. The first kappa shape index (κ1) is 17.1. The Balaban J connectivity index is 2.36. The highest BCUT2D eigenvalue weighted by Crippen LogP contribution is 2.18. The smallest absolute Gasteiger partial charge is 0.332 e. The monoisotopic (exact) mass is 324 g/mol. The van der Waals surface area contributed by atoms with Crippen molar-refractivity contribution in [1.82, 2.24) is 0 Å². The summed E-state index contributed by atoms with van der Waals surface area (Å²) in [7, 11) is 0. The van der Waals surface area contributed by atoms with E-state index in [1.165, 1.54) is 0 Å². The van der Waals surface area contributed by atoms with Crippen LogP contribution in [0.3, 0.4) is 0 Å². The zero-order chi connectivity index (χ0) is 17.5. The predicted octanol–water partition coefficient (Wildman–Crippen LogP) is 2.97. The number of aliphatic carboxylic acids is 2. The summed E-state index contributed by atoms with van der Waals surface area (Å²) in [5, 5.41) is 18.8. The zero-order valence-corrected chi connectivity index (χ0v) is 12.8. The highest BCUT2D eigenvalue weighted by molar-refractivity contribution is 6.06. The topological polar surface area (TPSA) is 91.7 Å². The molecule has 0 fully saturated rings. The summed E-state index contributed by atoms with van der Waals surface area (Å²) in [4.78, 5) is 35.3. The van der Waals surface area contributed by atoms with Crippen LogP contribution < -0.4 is 0 Å². The van der Waals surface area contributed by atoms with E-state index in [0.29, 0.717) is 11.1 Å². The number of carboxylic acid groups (broad SMARTS) is 2. The lowest BCUT2D eigenvalue weighted by Crippen LogP contribution is -2.16. The Kier molecular flexibility index (Phi) is 5.63. The molecule has 0 bridgehead atoms. The van der Waals surface area contributed by atoms with Crippen LogP contribution in [0.5, 0.6) is 0 Å². The Hall–Kier alpha value is -3.21. The lowest BCUT2D eigenvalue weighted by molar-refractivity contribution is -0.136. The standard InChI is InChI=1S/C19H16O5/c20-17(14-9-5-2-6-10-14)12-16(19(23)24)15(18(21)22)11-13-7-3-1-4-8-13/h1-10H,11-12H2,(H,21,22)(H,23,24)/b16-15+. The fourth-order valence-corrected chi connectivity index (χ4v) is 2.31. The van der Waals surface area contributed by atoms with Crippen LogP contribution in [-0.2, 0) is 16.0 Å². The van der Waals surface area contributed by atoms with Crippen LogP contribution in [0.4, 0.5) is 0 Å². The number of carbonyl (C=O) groups is 3. The van der Waals surface area contributed by atoms with Crippen LogP contribution in [0.15, 0.2) is 71.8 Å². The SMILES string of the molecule is O=C(O)/C(CC(=O)c1ccccc1)=C(\Cc1ccccc1)C(=O)O. The van der Waals surface area contributed by atoms with Gasteiger partial charge in [-0.05, 0) is 5.56 Å². The Labute approximate surface area is 138 Å². The molecule has 0 aromatic heterocycles. The van der Waals surface area contributed by atoms with E-state index in [0.717, 1.165) is 0 Å². The van der Waals surface area contributed by atoms with Crippen molar-refractivity contribution >= 4 is 17.7 Å². The molecule has 0 unspecified atom stereocenters. The second-order valence-corrected chi connectivity index (χ2v) is 5.20. The molecule has 5 nitrogen and oxygen atoms in total. The maximum Gasteiger partial charge on any atom is 0.332 e. The molecule has 2 aromatic carbocycles. The largest absolute Gasteiger partial charge is 0.478 e. The van der Waals surface area contributed by atoms with E-state index >= 15 is 0 Å². The third-order valence-corrected chi connectivity index (χ3v) is 3.54. The highest BCUT2D eigenvalue weighted by atomic mass is 16.4. The van der Waals surface area contributed by atoms with Crippen LogP contribution in [0.25, 0.3) is 0 Å². The van der Waals surface area contributed by atoms with Crippen LogP contribution in [0.1, 0.15) is 22.3 Å². The zero-order valence-electron chi connectivity index (χ0n) is 12.8. The maximum absolute atomic E-state index is 12.2. The van der Waals surface area contributed by atoms with Crippen molar-refractivity contribution in [3.8, 4) is 0 Å². The van der Waals surface area contributed by atoms with Crippen LogP contribution in [-0.4, -0.2) is 27.9 Å². The third kappa shape index (κ3) is 4.39. The van der Waals surface area contributed by atoms with Crippen molar-refractivity contribution in [2.45, 2.75) is 12.8 Å². The summed E-state index contributed by atoms with van der Waals surface area (Å²) in [6.45, 7) is 0. The van der Waals surface area contributed by atoms with E-state index in [4.69, 9.17) is 0 Å². The third-order valence-electron chi connectivity index (χ3n) is 3.54. The number of ketones is 1. The molecule has 0 aliphatic heterocycles. The van der Waals surface area contributed by atoms with Gasteiger partial charge in [0.2, 0.25) is 0 Å². The molecule has 0 saturated carbocycles. The fourth-order valence-electron chi connectivity index (χ4n) is 2.31. The highest BCUT2D eigenvalue weighted by Gasteiger charge is 2.23. The summed E-state index contributed by atoms with van der Waals surface area (Å²) in [6, 6.07) is 16.9. The van der Waals surface area contributed by atoms with E-state index < -0.39 is 24.1 Å².